The smallest absolute Gasteiger partial charge is 0.0465 e. The Hall–Kier alpha value is -1.72. The van der Waals surface area contributed by atoms with Gasteiger partial charge in [0.05, 0.1) is 0 Å². The van der Waals surface area contributed by atoms with E-state index in [0.29, 0.717) is 5.92 Å². The van der Waals surface area contributed by atoms with Gasteiger partial charge in [-0.3, -0.25) is 5.14 Å². The first kappa shape index (κ1) is 23.9. The van der Waals surface area contributed by atoms with Crippen LogP contribution < -0.4 is 10.0 Å². The molecule has 0 heterocycles. The van der Waals surface area contributed by atoms with Crippen LogP contribution in [0.4, 0.5) is 11.4 Å². The van der Waals surface area contributed by atoms with E-state index in [1.807, 2.05) is 7.05 Å². The predicted molar refractivity (Wildman–Crippen MR) is 139 cm³/mol. The van der Waals surface area contributed by atoms with E-state index in [-0.39, 0.29) is 12.0 Å². The SMILES string of the molecule is C[N-][C@H](CC(C)C)CN(c1ccccc1)c1cc(Cl)c(C2C=C(SN)C=CC2)cc1C. The number of hydrogen-bond acceptors (Lipinski definition) is 3. The third-order valence-corrected chi connectivity index (χ3v) is 6.62. The van der Waals surface area contributed by atoms with E-state index >= 15 is 0 Å². The molecule has 1 unspecified atom stereocenters. The van der Waals surface area contributed by atoms with Crippen molar-refractivity contribution in [1.29, 1.82) is 0 Å². The molecule has 2 N–H and O–H groups in total. The van der Waals surface area contributed by atoms with Crippen molar-refractivity contribution in [2.75, 3.05) is 18.5 Å². The van der Waals surface area contributed by atoms with Crippen molar-refractivity contribution < 1.29 is 0 Å². The maximum atomic E-state index is 6.87. The summed E-state index contributed by atoms with van der Waals surface area (Å²) >= 11 is 8.16. The summed E-state index contributed by atoms with van der Waals surface area (Å²) in [5, 5.41) is 11.3. The molecular weight excluding hydrogens is 422 g/mol. The quantitative estimate of drug-likeness (QED) is 0.394. The second-order valence-corrected chi connectivity index (χ2v) is 9.69. The van der Waals surface area contributed by atoms with E-state index in [9.17, 15) is 0 Å². The Morgan fingerprint density at radius 1 is 1.23 bits per heavy atom. The molecule has 0 saturated carbocycles. The highest BCUT2D eigenvalue weighted by Gasteiger charge is 2.20. The average Bonchev–Trinajstić information content (AvgIpc) is 2.78. The standard InChI is InChI=1S/C26H33ClN3S/c1-18(2)13-21(29-4)17-30(22-10-6-5-7-11-22)26-16-25(27)24(14-19(26)3)20-9-8-12-23(15-20)31-28/h5-8,10-12,14-16,18,20-21H,9,13,17,28H2,1-4H3/q-1/t20?,21-/m1/s1. The van der Waals surface area contributed by atoms with Crippen molar-refractivity contribution in [1.82, 2.24) is 0 Å². The van der Waals surface area contributed by atoms with E-state index in [0.717, 1.165) is 46.3 Å². The normalized spacial score (nSPS) is 17.0. The number of benzene rings is 2. The molecule has 3 nitrogen and oxygen atoms in total. The molecule has 166 valence electrons. The van der Waals surface area contributed by atoms with Gasteiger partial charge in [0.15, 0.2) is 0 Å². The summed E-state index contributed by atoms with van der Waals surface area (Å²) < 4.78 is 0. The third-order valence-electron chi connectivity index (χ3n) is 5.75. The third kappa shape index (κ3) is 6.17. The lowest BCUT2D eigenvalue weighted by Crippen LogP contribution is -2.29. The first-order valence-corrected chi connectivity index (χ1v) is 12.1. The molecule has 2 aromatic carbocycles. The molecule has 31 heavy (non-hydrogen) atoms. The minimum atomic E-state index is 0.251. The van der Waals surface area contributed by atoms with Crippen LogP contribution in [0.2, 0.25) is 5.02 Å². The topological polar surface area (TPSA) is 43.4 Å². The van der Waals surface area contributed by atoms with Crippen LogP contribution in [0.15, 0.2) is 65.6 Å². The van der Waals surface area contributed by atoms with Gasteiger partial charge in [-0.2, -0.15) is 7.05 Å². The van der Waals surface area contributed by atoms with Crippen molar-refractivity contribution in [2.24, 2.45) is 11.1 Å². The molecule has 1 aliphatic rings. The molecule has 2 aromatic rings. The molecule has 3 rings (SSSR count). The number of aryl methyl sites for hydroxylation is 1. The van der Waals surface area contributed by atoms with E-state index in [2.05, 4.69) is 91.7 Å². The number of likely N-dealkylation sites (N-methyl/N-ethyl adjacent to an activating group) is 1. The Balaban J connectivity index is 1.98. The number of anilines is 2. The zero-order valence-electron chi connectivity index (χ0n) is 18.9. The van der Waals surface area contributed by atoms with E-state index in [4.69, 9.17) is 16.7 Å². The van der Waals surface area contributed by atoms with Crippen LogP contribution in [0.1, 0.15) is 43.7 Å². The first-order chi connectivity index (χ1) is 14.9. The minimum absolute atomic E-state index is 0.251. The number of rotatable bonds is 9. The largest absolute Gasteiger partial charge is 0.661 e. The molecule has 0 saturated heterocycles. The lowest BCUT2D eigenvalue weighted by molar-refractivity contribution is 0.528. The maximum absolute atomic E-state index is 6.87. The summed E-state index contributed by atoms with van der Waals surface area (Å²) in [6.45, 7) is 7.51. The summed E-state index contributed by atoms with van der Waals surface area (Å²) in [5.74, 6) is 0.847. The van der Waals surface area contributed by atoms with Crippen molar-refractivity contribution in [2.45, 2.75) is 45.6 Å². The predicted octanol–water partition coefficient (Wildman–Crippen LogP) is 7.74. The molecule has 0 aliphatic heterocycles. The Labute approximate surface area is 196 Å². The van der Waals surface area contributed by atoms with Gasteiger partial charge in [-0.25, -0.2) is 0 Å². The molecular formula is C26H33ClN3S-. The highest BCUT2D eigenvalue weighted by Crippen LogP contribution is 2.39. The number of allylic oxidation sites excluding steroid dienone is 3. The van der Waals surface area contributed by atoms with Crippen molar-refractivity contribution in [3.05, 3.63) is 87.1 Å². The van der Waals surface area contributed by atoms with Gasteiger partial charge in [0, 0.05) is 33.8 Å². The van der Waals surface area contributed by atoms with E-state index in [1.54, 1.807) is 0 Å². The van der Waals surface area contributed by atoms with Crippen LogP contribution in [0.5, 0.6) is 0 Å². The maximum Gasteiger partial charge on any atom is 0.0465 e. The number of nitrogens with zero attached hydrogens (tertiary/aromatic N) is 2. The Morgan fingerprint density at radius 3 is 2.61 bits per heavy atom. The monoisotopic (exact) mass is 454 g/mol. The summed E-state index contributed by atoms with van der Waals surface area (Å²) in [4.78, 5) is 3.45. The lowest BCUT2D eigenvalue weighted by atomic mass is 9.90. The van der Waals surface area contributed by atoms with E-state index < -0.39 is 0 Å². The van der Waals surface area contributed by atoms with Gasteiger partial charge in [0.2, 0.25) is 0 Å². The highest BCUT2D eigenvalue weighted by atomic mass is 35.5. The Kier molecular flexibility index (Phi) is 8.67. The van der Waals surface area contributed by atoms with Crippen molar-refractivity contribution >= 4 is 34.9 Å². The van der Waals surface area contributed by atoms with Crippen LogP contribution in [0.3, 0.4) is 0 Å². The summed E-state index contributed by atoms with van der Waals surface area (Å²) in [6, 6.07) is 15.2. The van der Waals surface area contributed by atoms with Gasteiger partial charge in [0.1, 0.15) is 0 Å². The molecule has 0 bridgehead atoms. The van der Waals surface area contributed by atoms with Gasteiger partial charge in [-0.05, 0) is 60.5 Å². The lowest BCUT2D eigenvalue weighted by Gasteiger charge is -2.37. The number of nitrogens with two attached hydrogens (primary N) is 1. The molecule has 0 amide bonds. The molecule has 0 aromatic heterocycles. The zero-order chi connectivity index (χ0) is 22.4. The van der Waals surface area contributed by atoms with Crippen LogP contribution in [-0.2, 0) is 0 Å². The van der Waals surface area contributed by atoms with Gasteiger partial charge < -0.3 is 10.2 Å². The highest BCUT2D eigenvalue weighted by molar-refractivity contribution is 8.01. The van der Waals surface area contributed by atoms with Crippen molar-refractivity contribution in [3.8, 4) is 0 Å². The van der Waals surface area contributed by atoms with Gasteiger partial charge in [-0.15, -0.1) is 6.04 Å². The fourth-order valence-electron chi connectivity index (χ4n) is 4.18. The Bertz CT molecular complexity index is 924. The average molecular weight is 455 g/mol. The molecule has 5 heteroatoms. The second kappa shape index (κ2) is 11.2. The number of para-hydroxylation sites is 1. The molecule has 2 atom stereocenters. The molecule has 0 fully saturated rings. The van der Waals surface area contributed by atoms with Crippen LogP contribution >= 0.6 is 23.5 Å². The molecule has 0 radical (unpaired) electrons. The second-order valence-electron chi connectivity index (χ2n) is 8.58. The fourth-order valence-corrected chi connectivity index (χ4v) is 4.90. The summed E-state index contributed by atoms with van der Waals surface area (Å²) in [6.07, 6.45) is 8.47. The van der Waals surface area contributed by atoms with E-state index in [1.165, 1.54) is 17.5 Å². The molecule has 1 aliphatic carbocycles. The van der Waals surface area contributed by atoms with Gasteiger partial charge in [0.25, 0.3) is 0 Å². The summed E-state index contributed by atoms with van der Waals surface area (Å²) in [7, 11) is 1.93. The molecule has 0 spiro atoms. The van der Waals surface area contributed by atoms with Crippen LogP contribution in [-0.4, -0.2) is 19.6 Å². The Morgan fingerprint density at radius 2 is 1.97 bits per heavy atom. The minimum Gasteiger partial charge on any atom is -0.661 e. The zero-order valence-corrected chi connectivity index (χ0v) is 20.5. The number of hydrogen-bond donors (Lipinski definition) is 1. The fraction of sp³-hybridized carbons (Fsp3) is 0.385. The summed E-state index contributed by atoms with van der Waals surface area (Å²) in [5.41, 5.74) is 4.67. The van der Waals surface area contributed by atoms with Gasteiger partial charge >= 0.3 is 0 Å². The van der Waals surface area contributed by atoms with Crippen LogP contribution in [0.25, 0.3) is 5.32 Å². The van der Waals surface area contributed by atoms with Gasteiger partial charge in [-0.1, -0.05) is 74.4 Å². The van der Waals surface area contributed by atoms with Crippen molar-refractivity contribution in [3.63, 3.8) is 0 Å². The number of halogens is 1. The van der Waals surface area contributed by atoms with Crippen LogP contribution in [0, 0.1) is 12.8 Å². The first-order valence-electron chi connectivity index (χ1n) is 10.9.